The lowest BCUT2D eigenvalue weighted by molar-refractivity contribution is -0.124. The molecule has 0 bridgehead atoms. The number of hydrogen-bond acceptors (Lipinski definition) is 2. The van der Waals surface area contributed by atoms with Gasteiger partial charge < -0.3 is 10.6 Å². The maximum absolute atomic E-state index is 12.7. The van der Waals surface area contributed by atoms with E-state index < -0.39 is 0 Å². The van der Waals surface area contributed by atoms with Gasteiger partial charge in [-0.3, -0.25) is 4.79 Å². The molecule has 0 atom stereocenters. The topological polar surface area (TPSA) is 41.1 Å². The second-order valence-electron chi connectivity index (χ2n) is 6.53. The molecule has 2 saturated carbocycles. The van der Waals surface area contributed by atoms with Gasteiger partial charge in [-0.15, -0.1) is 0 Å². The van der Waals surface area contributed by atoms with E-state index in [1.807, 2.05) is 18.2 Å². The largest absolute Gasteiger partial charge is 0.353 e. The van der Waals surface area contributed by atoms with E-state index in [2.05, 4.69) is 29.7 Å². The number of hydrogen-bond donors (Lipinski definition) is 2. The van der Waals surface area contributed by atoms with Gasteiger partial charge in [0.2, 0.25) is 5.91 Å². The Bertz CT molecular complexity index is 473. The molecule has 0 aliphatic heterocycles. The summed E-state index contributed by atoms with van der Waals surface area (Å²) in [5.74, 6) is 0.251. The first kappa shape index (κ1) is 14.6. The summed E-state index contributed by atoms with van der Waals surface area (Å²) in [5.41, 5.74) is 0.962. The fourth-order valence-electron chi connectivity index (χ4n) is 3.58. The van der Waals surface area contributed by atoms with Gasteiger partial charge in [0.1, 0.15) is 0 Å². The van der Waals surface area contributed by atoms with Crippen LogP contribution in [0.25, 0.3) is 0 Å². The van der Waals surface area contributed by atoms with Gasteiger partial charge in [-0.25, -0.2) is 0 Å². The molecule has 1 aromatic carbocycles. The summed E-state index contributed by atoms with van der Waals surface area (Å²) < 4.78 is 0. The SMILES string of the molecule is CCNC1CCC(NC(=O)C2(c3ccccc3)CC2)CC1. The lowest BCUT2D eigenvalue weighted by Gasteiger charge is -2.30. The Morgan fingerprint density at radius 1 is 1.10 bits per heavy atom. The van der Waals surface area contributed by atoms with Gasteiger partial charge in [-0.1, -0.05) is 37.3 Å². The molecule has 0 unspecified atom stereocenters. The summed E-state index contributed by atoms with van der Waals surface area (Å²) in [4.78, 5) is 12.7. The Kier molecular flexibility index (Phi) is 4.29. The van der Waals surface area contributed by atoms with Crippen LogP contribution in [0.5, 0.6) is 0 Å². The molecular weight excluding hydrogens is 260 g/mol. The zero-order chi connectivity index (χ0) is 14.7. The molecular formula is C18H26N2O. The Hall–Kier alpha value is -1.35. The van der Waals surface area contributed by atoms with Crippen molar-refractivity contribution >= 4 is 5.91 Å². The molecule has 2 aliphatic rings. The van der Waals surface area contributed by atoms with Gasteiger partial charge in [0.05, 0.1) is 5.41 Å². The third-order valence-corrected chi connectivity index (χ3v) is 5.07. The van der Waals surface area contributed by atoms with Crippen molar-refractivity contribution in [3.8, 4) is 0 Å². The van der Waals surface area contributed by atoms with Crippen LogP contribution >= 0.6 is 0 Å². The first-order valence-corrected chi connectivity index (χ1v) is 8.34. The Labute approximate surface area is 127 Å². The Morgan fingerprint density at radius 3 is 2.29 bits per heavy atom. The molecule has 1 amide bonds. The van der Waals surface area contributed by atoms with Crippen molar-refractivity contribution in [1.29, 1.82) is 0 Å². The van der Waals surface area contributed by atoms with E-state index in [1.54, 1.807) is 0 Å². The van der Waals surface area contributed by atoms with E-state index in [9.17, 15) is 4.79 Å². The number of amides is 1. The summed E-state index contributed by atoms with van der Waals surface area (Å²) in [6.45, 7) is 3.20. The van der Waals surface area contributed by atoms with E-state index >= 15 is 0 Å². The second-order valence-corrected chi connectivity index (χ2v) is 6.53. The van der Waals surface area contributed by atoms with Gasteiger partial charge in [0.25, 0.3) is 0 Å². The predicted molar refractivity (Wildman–Crippen MR) is 85.2 cm³/mol. The summed E-state index contributed by atoms with van der Waals surface area (Å²) >= 11 is 0. The third-order valence-electron chi connectivity index (χ3n) is 5.07. The predicted octanol–water partition coefficient (Wildman–Crippen LogP) is 2.76. The molecule has 2 aliphatic carbocycles. The molecule has 21 heavy (non-hydrogen) atoms. The Morgan fingerprint density at radius 2 is 1.71 bits per heavy atom. The van der Waals surface area contributed by atoms with Crippen molar-refractivity contribution in [1.82, 2.24) is 10.6 Å². The monoisotopic (exact) mass is 286 g/mol. The summed E-state index contributed by atoms with van der Waals surface area (Å²) in [6, 6.07) is 11.3. The number of rotatable bonds is 5. The molecule has 114 valence electrons. The van der Waals surface area contributed by atoms with E-state index in [0.29, 0.717) is 12.1 Å². The number of carbonyl (C=O) groups is 1. The highest BCUT2D eigenvalue weighted by Gasteiger charge is 2.51. The van der Waals surface area contributed by atoms with Crippen LogP contribution in [-0.2, 0) is 10.2 Å². The molecule has 0 spiro atoms. The lowest BCUT2D eigenvalue weighted by Crippen LogP contribution is -2.45. The Balaban J connectivity index is 1.56. The minimum Gasteiger partial charge on any atom is -0.353 e. The average Bonchev–Trinajstić information content (AvgIpc) is 3.32. The van der Waals surface area contributed by atoms with Crippen molar-refractivity contribution in [3.05, 3.63) is 35.9 Å². The van der Waals surface area contributed by atoms with Crippen molar-refractivity contribution in [2.45, 2.75) is 62.9 Å². The molecule has 3 heteroatoms. The maximum Gasteiger partial charge on any atom is 0.230 e. The summed E-state index contributed by atoms with van der Waals surface area (Å²) in [5, 5.41) is 6.83. The van der Waals surface area contributed by atoms with Crippen LogP contribution in [0.2, 0.25) is 0 Å². The molecule has 0 saturated heterocycles. The molecule has 1 aromatic rings. The fraction of sp³-hybridized carbons (Fsp3) is 0.611. The third kappa shape index (κ3) is 3.13. The quantitative estimate of drug-likeness (QED) is 0.874. The lowest BCUT2D eigenvalue weighted by atomic mass is 9.89. The van der Waals surface area contributed by atoms with Crippen molar-refractivity contribution in [3.63, 3.8) is 0 Å². The van der Waals surface area contributed by atoms with E-state index in [4.69, 9.17) is 0 Å². The average molecular weight is 286 g/mol. The summed E-state index contributed by atoms with van der Waals surface area (Å²) in [6.07, 6.45) is 6.56. The molecule has 0 heterocycles. The first-order chi connectivity index (χ1) is 10.2. The molecule has 0 radical (unpaired) electrons. The van der Waals surface area contributed by atoms with E-state index in [0.717, 1.165) is 32.2 Å². The highest BCUT2D eigenvalue weighted by molar-refractivity contribution is 5.91. The smallest absolute Gasteiger partial charge is 0.230 e. The minimum absolute atomic E-state index is 0.222. The van der Waals surface area contributed by atoms with Gasteiger partial charge in [-0.05, 0) is 50.6 Å². The van der Waals surface area contributed by atoms with Crippen LogP contribution in [0.1, 0.15) is 51.0 Å². The van der Waals surface area contributed by atoms with E-state index in [-0.39, 0.29) is 11.3 Å². The standard InChI is InChI=1S/C18H26N2O/c1-2-19-15-8-10-16(11-9-15)20-17(21)18(12-13-18)14-6-4-3-5-7-14/h3-7,15-16,19H,2,8-13H2,1H3,(H,20,21). The fourth-order valence-corrected chi connectivity index (χ4v) is 3.58. The zero-order valence-corrected chi connectivity index (χ0v) is 12.9. The van der Waals surface area contributed by atoms with Crippen molar-refractivity contribution < 1.29 is 4.79 Å². The van der Waals surface area contributed by atoms with E-state index in [1.165, 1.54) is 18.4 Å². The molecule has 2 N–H and O–H groups in total. The van der Waals surface area contributed by atoms with Gasteiger partial charge >= 0.3 is 0 Å². The maximum atomic E-state index is 12.7. The van der Waals surface area contributed by atoms with Crippen LogP contribution < -0.4 is 10.6 Å². The van der Waals surface area contributed by atoms with Crippen LogP contribution in [0.3, 0.4) is 0 Å². The molecule has 3 nitrogen and oxygen atoms in total. The minimum atomic E-state index is -0.222. The van der Waals surface area contributed by atoms with Crippen LogP contribution in [0.15, 0.2) is 30.3 Å². The highest BCUT2D eigenvalue weighted by Crippen LogP contribution is 2.48. The van der Waals surface area contributed by atoms with Crippen molar-refractivity contribution in [2.24, 2.45) is 0 Å². The van der Waals surface area contributed by atoms with Gasteiger partial charge in [-0.2, -0.15) is 0 Å². The van der Waals surface area contributed by atoms with Crippen LogP contribution in [-0.4, -0.2) is 24.5 Å². The molecule has 3 rings (SSSR count). The van der Waals surface area contributed by atoms with Crippen LogP contribution in [0.4, 0.5) is 0 Å². The van der Waals surface area contributed by atoms with Gasteiger partial charge in [0, 0.05) is 12.1 Å². The highest BCUT2D eigenvalue weighted by atomic mass is 16.2. The number of nitrogens with one attached hydrogen (secondary N) is 2. The summed E-state index contributed by atoms with van der Waals surface area (Å²) in [7, 11) is 0. The first-order valence-electron chi connectivity index (χ1n) is 8.34. The van der Waals surface area contributed by atoms with Crippen LogP contribution in [0, 0.1) is 0 Å². The number of carbonyl (C=O) groups excluding carboxylic acids is 1. The normalized spacial score (nSPS) is 27.1. The second kappa shape index (κ2) is 6.18. The van der Waals surface area contributed by atoms with Crippen molar-refractivity contribution in [2.75, 3.05) is 6.54 Å². The molecule has 2 fully saturated rings. The zero-order valence-electron chi connectivity index (χ0n) is 12.9. The molecule has 0 aromatic heterocycles. The van der Waals surface area contributed by atoms with Gasteiger partial charge in [0.15, 0.2) is 0 Å². The number of benzene rings is 1.